The molecule has 9 aromatic carbocycles. The highest BCUT2D eigenvalue weighted by Crippen LogP contribution is 2.51. The van der Waals surface area contributed by atoms with Crippen molar-refractivity contribution in [1.29, 1.82) is 0 Å². The highest BCUT2D eigenvalue weighted by atomic mass is 14.9. The first-order chi connectivity index (χ1) is 27.9. The van der Waals surface area contributed by atoms with Crippen molar-refractivity contribution < 1.29 is 0 Å². The minimum absolute atomic E-state index is 0.123. The van der Waals surface area contributed by atoms with Gasteiger partial charge in [-0.3, -0.25) is 0 Å². The van der Waals surface area contributed by atoms with Crippen LogP contribution in [-0.2, 0) is 11.8 Å². The first-order valence-electron chi connectivity index (χ1n) is 19.8. The van der Waals surface area contributed by atoms with Gasteiger partial charge in [0.05, 0.1) is 5.70 Å². The standard InChI is InChI=1S/C55H42N2/c1-55(2)51-35-42(27-28-47(51)50-33-40-18-6-7-19-41(40)34-52(50)55)44-29-30-48(46-24-11-10-23-45(44)46)53(57-54(56)49-25-13-20-38-17-8-9-22-43(38)49)31-26-36-14-12-21-39(32-36)37-15-4-3-5-16-37/h3-25,27-35H,26H2,1-2H3,(H2,56,57)/b53-31-. The predicted octanol–water partition coefficient (Wildman–Crippen LogP) is 13.8. The molecule has 2 N–H and O–H groups in total. The van der Waals surface area contributed by atoms with E-state index >= 15 is 0 Å². The van der Waals surface area contributed by atoms with E-state index in [1.54, 1.807) is 0 Å². The summed E-state index contributed by atoms with van der Waals surface area (Å²) in [4.78, 5) is 5.28. The monoisotopic (exact) mass is 730 g/mol. The molecule has 0 saturated heterocycles. The lowest BCUT2D eigenvalue weighted by Gasteiger charge is -2.22. The lowest BCUT2D eigenvalue weighted by Crippen LogP contribution is -2.15. The average Bonchev–Trinajstić information content (AvgIpc) is 3.48. The Hall–Kier alpha value is -7.03. The molecule has 0 aromatic heterocycles. The van der Waals surface area contributed by atoms with Crippen LogP contribution in [0.2, 0.25) is 0 Å². The van der Waals surface area contributed by atoms with Crippen LogP contribution in [-0.4, -0.2) is 5.84 Å². The Labute approximate surface area is 334 Å². The summed E-state index contributed by atoms with van der Waals surface area (Å²) in [6, 6.07) is 67.7. The lowest BCUT2D eigenvalue weighted by molar-refractivity contribution is 0.661. The molecular weight excluding hydrogens is 689 g/mol. The molecule has 0 fully saturated rings. The average molecular weight is 731 g/mol. The molecule has 0 bridgehead atoms. The van der Waals surface area contributed by atoms with Crippen LogP contribution in [0.5, 0.6) is 0 Å². The Kier molecular flexibility index (Phi) is 8.42. The van der Waals surface area contributed by atoms with Crippen LogP contribution < -0.4 is 5.73 Å². The van der Waals surface area contributed by atoms with Crippen molar-refractivity contribution in [3.63, 3.8) is 0 Å². The van der Waals surface area contributed by atoms with Crippen LogP contribution in [0.15, 0.2) is 199 Å². The van der Waals surface area contributed by atoms with Gasteiger partial charge in [0.25, 0.3) is 0 Å². The fourth-order valence-electron chi connectivity index (χ4n) is 8.94. The molecule has 0 heterocycles. The third-order valence-electron chi connectivity index (χ3n) is 11.9. The molecule has 0 spiro atoms. The summed E-state index contributed by atoms with van der Waals surface area (Å²) >= 11 is 0. The Bertz CT molecular complexity index is 3070. The topological polar surface area (TPSA) is 38.4 Å². The van der Waals surface area contributed by atoms with Crippen LogP contribution in [0.1, 0.15) is 41.7 Å². The van der Waals surface area contributed by atoms with Crippen LogP contribution in [0.3, 0.4) is 0 Å². The normalized spacial score (nSPS) is 13.6. The minimum atomic E-state index is -0.123. The zero-order chi connectivity index (χ0) is 38.5. The molecular formula is C55H42N2. The Morgan fingerprint density at radius 2 is 1.11 bits per heavy atom. The lowest BCUT2D eigenvalue weighted by atomic mass is 9.81. The zero-order valence-corrected chi connectivity index (χ0v) is 32.2. The van der Waals surface area contributed by atoms with Gasteiger partial charge in [-0.15, -0.1) is 0 Å². The highest BCUT2D eigenvalue weighted by Gasteiger charge is 2.36. The molecule has 10 rings (SSSR count). The van der Waals surface area contributed by atoms with Crippen molar-refractivity contribution >= 4 is 43.9 Å². The number of hydrogen-bond acceptors (Lipinski definition) is 1. The number of amidine groups is 1. The second-order valence-corrected chi connectivity index (χ2v) is 15.7. The Balaban J connectivity index is 1.10. The van der Waals surface area contributed by atoms with Gasteiger partial charge in [-0.05, 0) is 107 Å². The van der Waals surface area contributed by atoms with E-state index in [0.717, 1.165) is 33.0 Å². The van der Waals surface area contributed by atoms with Gasteiger partial charge in [-0.1, -0.05) is 190 Å². The molecule has 0 atom stereocenters. The number of hydrogen-bond donors (Lipinski definition) is 1. The molecule has 0 aliphatic heterocycles. The molecule has 57 heavy (non-hydrogen) atoms. The third kappa shape index (κ3) is 6.11. The summed E-state index contributed by atoms with van der Waals surface area (Å²) in [6.45, 7) is 4.73. The molecule has 0 saturated carbocycles. The van der Waals surface area contributed by atoms with Crippen molar-refractivity contribution in [1.82, 2.24) is 0 Å². The maximum absolute atomic E-state index is 6.99. The number of allylic oxidation sites excluding steroid dienone is 1. The highest BCUT2D eigenvalue weighted by molar-refractivity contribution is 6.12. The number of nitrogens with two attached hydrogens (primary N) is 1. The van der Waals surface area contributed by atoms with Gasteiger partial charge in [0, 0.05) is 16.5 Å². The van der Waals surface area contributed by atoms with Gasteiger partial charge in [0.2, 0.25) is 0 Å². The first-order valence-corrected chi connectivity index (χ1v) is 19.8. The molecule has 0 radical (unpaired) electrons. The van der Waals surface area contributed by atoms with Gasteiger partial charge >= 0.3 is 0 Å². The molecule has 9 aromatic rings. The molecule has 1 aliphatic carbocycles. The second-order valence-electron chi connectivity index (χ2n) is 15.7. The molecule has 1 aliphatic rings. The van der Waals surface area contributed by atoms with Crippen molar-refractivity contribution in [3.8, 4) is 33.4 Å². The van der Waals surface area contributed by atoms with E-state index in [-0.39, 0.29) is 5.41 Å². The third-order valence-corrected chi connectivity index (χ3v) is 11.9. The van der Waals surface area contributed by atoms with E-state index in [4.69, 9.17) is 10.7 Å². The first kappa shape index (κ1) is 34.5. The summed E-state index contributed by atoms with van der Waals surface area (Å²) in [5, 5.41) is 7.12. The van der Waals surface area contributed by atoms with Crippen molar-refractivity contribution in [2.45, 2.75) is 25.7 Å². The number of nitrogens with zero attached hydrogens (tertiary/aromatic N) is 1. The summed E-state index contributed by atoms with van der Waals surface area (Å²) in [7, 11) is 0. The van der Waals surface area contributed by atoms with E-state index in [9.17, 15) is 0 Å². The zero-order valence-electron chi connectivity index (χ0n) is 32.2. The van der Waals surface area contributed by atoms with Crippen molar-refractivity contribution in [2.24, 2.45) is 10.7 Å². The maximum Gasteiger partial charge on any atom is 0.131 e. The Morgan fingerprint density at radius 3 is 1.93 bits per heavy atom. The SMILES string of the molecule is CC1(C)c2cc(-c3ccc(/C(=C/Cc4cccc(-c5ccccc5)c4)N=C(N)c4cccc5ccccc45)c4ccccc34)ccc2-c2cc3ccccc3cc21. The van der Waals surface area contributed by atoms with Gasteiger partial charge in [-0.2, -0.15) is 0 Å². The maximum atomic E-state index is 6.99. The van der Waals surface area contributed by atoms with E-state index in [1.165, 1.54) is 66.2 Å². The largest absolute Gasteiger partial charge is 0.383 e. The summed E-state index contributed by atoms with van der Waals surface area (Å²) in [5.74, 6) is 0.498. The number of fused-ring (bicyclic) bond motifs is 6. The minimum Gasteiger partial charge on any atom is -0.383 e. The van der Waals surface area contributed by atoms with Crippen LogP contribution >= 0.6 is 0 Å². The van der Waals surface area contributed by atoms with Gasteiger partial charge < -0.3 is 5.73 Å². The number of aliphatic imine (C=N–C) groups is 1. The molecule has 0 unspecified atom stereocenters. The summed E-state index contributed by atoms with van der Waals surface area (Å²) in [5.41, 5.74) is 21.2. The molecule has 2 heteroatoms. The number of rotatable bonds is 7. The van der Waals surface area contributed by atoms with E-state index in [2.05, 4.69) is 208 Å². The number of benzene rings is 9. The van der Waals surface area contributed by atoms with Gasteiger partial charge in [0.1, 0.15) is 5.84 Å². The van der Waals surface area contributed by atoms with Crippen molar-refractivity contribution in [2.75, 3.05) is 0 Å². The smallest absolute Gasteiger partial charge is 0.131 e. The predicted molar refractivity (Wildman–Crippen MR) is 243 cm³/mol. The van der Waals surface area contributed by atoms with E-state index in [0.29, 0.717) is 12.3 Å². The second kappa shape index (κ2) is 13.9. The van der Waals surface area contributed by atoms with Crippen molar-refractivity contribution in [3.05, 3.63) is 222 Å². The van der Waals surface area contributed by atoms with Crippen LogP contribution in [0.4, 0.5) is 0 Å². The Morgan fingerprint density at radius 1 is 0.474 bits per heavy atom. The quantitative estimate of drug-likeness (QED) is 0.129. The molecule has 2 nitrogen and oxygen atoms in total. The van der Waals surface area contributed by atoms with Crippen LogP contribution in [0, 0.1) is 0 Å². The fraction of sp³-hybridized carbons (Fsp3) is 0.0727. The molecule has 272 valence electrons. The van der Waals surface area contributed by atoms with Gasteiger partial charge in [0.15, 0.2) is 0 Å². The van der Waals surface area contributed by atoms with Gasteiger partial charge in [-0.25, -0.2) is 4.99 Å². The summed E-state index contributed by atoms with van der Waals surface area (Å²) in [6.07, 6.45) is 2.94. The molecule has 0 amide bonds. The summed E-state index contributed by atoms with van der Waals surface area (Å²) < 4.78 is 0. The van der Waals surface area contributed by atoms with Crippen LogP contribution in [0.25, 0.3) is 71.4 Å². The van der Waals surface area contributed by atoms with E-state index < -0.39 is 0 Å². The van der Waals surface area contributed by atoms with E-state index in [1.807, 2.05) is 0 Å². The fourth-order valence-corrected chi connectivity index (χ4v) is 8.94.